The van der Waals surface area contributed by atoms with E-state index in [2.05, 4.69) is 24.6 Å². The first-order chi connectivity index (χ1) is 8.19. The van der Waals surface area contributed by atoms with Crippen LogP contribution in [0, 0.1) is 16.1 Å². The van der Waals surface area contributed by atoms with Gasteiger partial charge in [0.25, 0.3) is 0 Å². The molecule has 0 radical (unpaired) electrons. The maximum Gasteiger partial charge on any atom is 0.178 e. The lowest BCUT2D eigenvalue weighted by atomic mass is 10.2. The van der Waals surface area contributed by atoms with E-state index in [1.807, 2.05) is 22.8 Å². The quantitative estimate of drug-likeness (QED) is 0.659. The lowest BCUT2D eigenvalue weighted by Gasteiger charge is -2.12. The second-order valence-corrected chi connectivity index (χ2v) is 4.37. The maximum absolute atomic E-state index is 9.05. The van der Waals surface area contributed by atoms with Gasteiger partial charge in [-0.1, -0.05) is 12.1 Å². The van der Waals surface area contributed by atoms with Crippen molar-refractivity contribution in [2.24, 2.45) is 0 Å². The third-order valence-corrected chi connectivity index (χ3v) is 3.12. The Hall–Kier alpha value is -1.86. The number of rotatable bonds is 3. The van der Waals surface area contributed by atoms with Crippen molar-refractivity contribution in [1.29, 1.82) is 5.26 Å². The van der Waals surface area contributed by atoms with E-state index in [9.17, 15) is 0 Å². The minimum absolute atomic E-state index is 0.239. The highest BCUT2D eigenvalue weighted by molar-refractivity contribution is 7.71. The van der Waals surface area contributed by atoms with Gasteiger partial charge in [0, 0.05) is 6.04 Å². The van der Waals surface area contributed by atoms with Crippen LogP contribution in [0.25, 0.3) is 11.0 Å². The summed E-state index contributed by atoms with van der Waals surface area (Å²) in [6, 6.07) is 8.05. The van der Waals surface area contributed by atoms with E-state index in [0.29, 0.717) is 10.3 Å². The van der Waals surface area contributed by atoms with Crippen molar-refractivity contribution in [2.75, 3.05) is 0 Å². The smallest absolute Gasteiger partial charge is 0.178 e. The van der Waals surface area contributed by atoms with Gasteiger partial charge in [0.05, 0.1) is 16.6 Å². The van der Waals surface area contributed by atoms with Gasteiger partial charge in [0.1, 0.15) is 6.07 Å². The minimum Gasteiger partial charge on any atom is -0.329 e. The zero-order valence-electron chi connectivity index (χ0n) is 9.60. The van der Waals surface area contributed by atoms with E-state index < -0.39 is 0 Å². The van der Waals surface area contributed by atoms with Gasteiger partial charge >= 0.3 is 0 Å². The van der Waals surface area contributed by atoms with Gasteiger partial charge in [-0.2, -0.15) is 5.26 Å². The summed E-state index contributed by atoms with van der Waals surface area (Å²) in [6.07, 6.45) is 2.72. The van der Waals surface area contributed by atoms with Gasteiger partial charge < -0.3 is 9.55 Å². The third-order valence-electron chi connectivity index (χ3n) is 2.82. The van der Waals surface area contributed by atoms with Crippen molar-refractivity contribution in [3.63, 3.8) is 0 Å². The average Bonchev–Trinajstić information content (AvgIpc) is 2.65. The second-order valence-electron chi connectivity index (χ2n) is 3.99. The molecule has 0 aliphatic rings. The number of nitrogens with zero attached hydrogens (tertiary/aromatic N) is 2. The summed E-state index contributed by atoms with van der Waals surface area (Å²) in [7, 11) is 0. The number of aromatic amines is 1. The number of para-hydroxylation sites is 1. The number of aromatic nitrogens is 2. The van der Waals surface area contributed by atoms with Crippen LogP contribution in [0.5, 0.6) is 0 Å². The van der Waals surface area contributed by atoms with E-state index in [1.165, 1.54) is 0 Å². The molecule has 3 nitrogen and oxygen atoms in total. The predicted octanol–water partition coefficient (Wildman–Crippen LogP) is 3.71. The second kappa shape index (κ2) is 4.56. The Morgan fingerprint density at radius 2 is 2.41 bits per heavy atom. The number of hydrogen-bond acceptors (Lipinski definition) is 2. The molecular weight excluding hydrogens is 230 g/mol. The molecule has 0 fully saturated rings. The lowest BCUT2D eigenvalue weighted by Crippen LogP contribution is -2.03. The number of benzene rings is 1. The molecule has 0 amide bonds. The first kappa shape index (κ1) is 11.6. The monoisotopic (exact) mass is 243 g/mol. The molecule has 86 valence electrons. The number of nitriles is 1. The molecule has 2 rings (SSSR count). The lowest BCUT2D eigenvalue weighted by molar-refractivity contribution is 0.564. The largest absolute Gasteiger partial charge is 0.329 e. The first-order valence-corrected chi connectivity index (χ1v) is 5.84. The Balaban J connectivity index is 2.73. The number of H-pyrrole nitrogens is 1. The Labute approximate surface area is 105 Å². The summed E-state index contributed by atoms with van der Waals surface area (Å²) in [5, 5.41) is 9.05. The molecule has 0 saturated carbocycles. The van der Waals surface area contributed by atoms with Gasteiger partial charge in [-0.25, -0.2) is 0 Å². The molecule has 1 N–H and O–H groups in total. The summed E-state index contributed by atoms with van der Waals surface area (Å²) < 4.78 is 2.68. The highest BCUT2D eigenvalue weighted by atomic mass is 32.1. The summed E-state index contributed by atoms with van der Waals surface area (Å²) in [6.45, 7) is 5.83. The van der Waals surface area contributed by atoms with Crippen LogP contribution in [0.15, 0.2) is 30.9 Å². The summed E-state index contributed by atoms with van der Waals surface area (Å²) in [4.78, 5) is 3.11. The molecule has 1 aromatic carbocycles. The van der Waals surface area contributed by atoms with Crippen LogP contribution in [-0.2, 0) is 0 Å². The van der Waals surface area contributed by atoms with Crippen LogP contribution in [0.2, 0.25) is 0 Å². The van der Waals surface area contributed by atoms with Crippen LogP contribution < -0.4 is 0 Å². The summed E-state index contributed by atoms with van der Waals surface area (Å²) in [5.74, 6) is 0. The van der Waals surface area contributed by atoms with E-state index in [1.54, 1.807) is 6.07 Å². The standard InChI is InChI=1S/C13H13N3S/c1-3-5-9(2)16-11-7-4-6-10(8-14)12(11)15-13(16)17/h3-4,6-7,9H,1,5H2,2H3,(H,15,17). The molecule has 1 unspecified atom stereocenters. The molecule has 2 aromatic rings. The molecule has 1 heterocycles. The zero-order valence-corrected chi connectivity index (χ0v) is 10.4. The molecule has 1 atom stereocenters. The van der Waals surface area contributed by atoms with Crippen LogP contribution in [-0.4, -0.2) is 9.55 Å². The highest BCUT2D eigenvalue weighted by Gasteiger charge is 2.11. The fourth-order valence-electron chi connectivity index (χ4n) is 2.03. The van der Waals surface area contributed by atoms with Crippen molar-refractivity contribution in [3.05, 3.63) is 41.2 Å². The predicted molar refractivity (Wildman–Crippen MR) is 71.4 cm³/mol. The van der Waals surface area contributed by atoms with Crippen molar-refractivity contribution in [2.45, 2.75) is 19.4 Å². The summed E-state index contributed by atoms with van der Waals surface area (Å²) >= 11 is 5.31. The number of fused-ring (bicyclic) bond motifs is 1. The molecule has 0 aliphatic heterocycles. The third kappa shape index (κ3) is 1.90. The zero-order chi connectivity index (χ0) is 12.4. The van der Waals surface area contributed by atoms with Crippen LogP contribution >= 0.6 is 12.2 Å². The summed E-state index contributed by atoms with van der Waals surface area (Å²) in [5.41, 5.74) is 2.41. The van der Waals surface area contributed by atoms with E-state index >= 15 is 0 Å². The SMILES string of the molecule is C=CCC(C)n1c(=S)[nH]c2c(C#N)cccc21. The molecule has 0 spiro atoms. The fourth-order valence-corrected chi connectivity index (χ4v) is 2.41. The number of hydrogen-bond donors (Lipinski definition) is 1. The normalized spacial score (nSPS) is 12.2. The molecule has 1 aromatic heterocycles. The first-order valence-electron chi connectivity index (χ1n) is 5.43. The molecule has 17 heavy (non-hydrogen) atoms. The van der Waals surface area contributed by atoms with E-state index in [0.717, 1.165) is 17.5 Å². The van der Waals surface area contributed by atoms with E-state index in [4.69, 9.17) is 17.5 Å². The van der Waals surface area contributed by atoms with E-state index in [-0.39, 0.29) is 6.04 Å². The Bertz CT molecular complexity index is 657. The average molecular weight is 243 g/mol. The van der Waals surface area contributed by atoms with Gasteiger partial charge in [0.2, 0.25) is 0 Å². The molecule has 0 saturated heterocycles. The number of nitrogens with one attached hydrogen (secondary N) is 1. The Kier molecular flexibility index (Phi) is 3.12. The minimum atomic E-state index is 0.239. The Morgan fingerprint density at radius 3 is 3.06 bits per heavy atom. The van der Waals surface area contributed by atoms with Crippen molar-refractivity contribution in [3.8, 4) is 6.07 Å². The highest BCUT2D eigenvalue weighted by Crippen LogP contribution is 2.23. The number of allylic oxidation sites excluding steroid dienone is 1. The maximum atomic E-state index is 9.05. The van der Waals surface area contributed by atoms with Crippen molar-refractivity contribution >= 4 is 23.3 Å². The molecular formula is C13H13N3S. The van der Waals surface area contributed by atoms with Crippen molar-refractivity contribution < 1.29 is 0 Å². The van der Waals surface area contributed by atoms with Gasteiger partial charge in [-0.05, 0) is 37.7 Å². The van der Waals surface area contributed by atoms with Gasteiger partial charge in [0.15, 0.2) is 4.77 Å². The number of imidazole rings is 1. The fraction of sp³-hybridized carbons (Fsp3) is 0.231. The van der Waals surface area contributed by atoms with Gasteiger partial charge in [-0.3, -0.25) is 0 Å². The van der Waals surface area contributed by atoms with Crippen LogP contribution in [0.3, 0.4) is 0 Å². The van der Waals surface area contributed by atoms with Crippen molar-refractivity contribution in [1.82, 2.24) is 9.55 Å². The van der Waals surface area contributed by atoms with Crippen LogP contribution in [0.1, 0.15) is 24.9 Å². The Morgan fingerprint density at radius 1 is 1.65 bits per heavy atom. The van der Waals surface area contributed by atoms with Crippen LogP contribution in [0.4, 0.5) is 0 Å². The topological polar surface area (TPSA) is 44.5 Å². The molecule has 0 aliphatic carbocycles. The molecule has 0 bridgehead atoms. The molecule has 4 heteroatoms. The van der Waals surface area contributed by atoms with Gasteiger partial charge in [-0.15, -0.1) is 6.58 Å².